The quantitative estimate of drug-likeness (QED) is 0.761. The van der Waals surface area contributed by atoms with Gasteiger partial charge in [0.15, 0.2) is 0 Å². The SMILES string of the molecule is CC1(C)CC(=O)N(C(C(=O)O)C(C)(C)C)C(=O)C1. The van der Waals surface area contributed by atoms with Crippen molar-refractivity contribution in [3.8, 4) is 0 Å². The Kier molecular flexibility index (Phi) is 3.56. The van der Waals surface area contributed by atoms with Gasteiger partial charge in [0.05, 0.1) is 0 Å². The maximum atomic E-state index is 12.1. The third-order valence-electron chi connectivity index (χ3n) is 3.11. The molecule has 1 heterocycles. The molecule has 2 amide bonds. The normalized spacial score (nSPS) is 21.9. The number of rotatable bonds is 2. The molecule has 1 fully saturated rings. The van der Waals surface area contributed by atoms with Gasteiger partial charge in [-0.05, 0) is 10.8 Å². The van der Waals surface area contributed by atoms with E-state index in [1.54, 1.807) is 20.8 Å². The van der Waals surface area contributed by atoms with E-state index in [-0.39, 0.29) is 18.3 Å². The summed E-state index contributed by atoms with van der Waals surface area (Å²) < 4.78 is 0. The van der Waals surface area contributed by atoms with E-state index in [1.165, 1.54) is 0 Å². The molecule has 1 unspecified atom stereocenters. The van der Waals surface area contributed by atoms with Gasteiger partial charge in [0.2, 0.25) is 11.8 Å². The summed E-state index contributed by atoms with van der Waals surface area (Å²) in [4.78, 5) is 36.4. The summed E-state index contributed by atoms with van der Waals surface area (Å²) >= 11 is 0. The highest BCUT2D eigenvalue weighted by atomic mass is 16.4. The highest BCUT2D eigenvalue weighted by Gasteiger charge is 2.47. The van der Waals surface area contributed by atoms with Gasteiger partial charge in [-0.25, -0.2) is 4.79 Å². The number of carboxylic acid groups (broad SMARTS) is 1. The molecule has 5 heteroatoms. The van der Waals surface area contributed by atoms with Crippen molar-refractivity contribution < 1.29 is 19.5 Å². The van der Waals surface area contributed by atoms with Crippen molar-refractivity contribution in [3.05, 3.63) is 0 Å². The highest BCUT2D eigenvalue weighted by Crippen LogP contribution is 2.35. The third-order valence-corrected chi connectivity index (χ3v) is 3.11. The summed E-state index contributed by atoms with van der Waals surface area (Å²) in [5.41, 5.74) is -1.07. The molecular formula is C13H21NO4. The van der Waals surface area contributed by atoms with Crippen LogP contribution < -0.4 is 0 Å². The first-order valence-corrected chi connectivity index (χ1v) is 6.03. The van der Waals surface area contributed by atoms with Crippen LogP contribution in [0.5, 0.6) is 0 Å². The van der Waals surface area contributed by atoms with E-state index in [1.807, 2.05) is 13.8 Å². The van der Waals surface area contributed by atoms with Gasteiger partial charge in [0, 0.05) is 12.8 Å². The number of hydrogen-bond donors (Lipinski definition) is 1. The molecule has 1 aliphatic rings. The minimum Gasteiger partial charge on any atom is -0.480 e. The van der Waals surface area contributed by atoms with Crippen LogP contribution in [-0.4, -0.2) is 33.8 Å². The standard InChI is InChI=1S/C13H21NO4/c1-12(2,3)10(11(17)18)14-8(15)6-13(4,5)7-9(14)16/h10H,6-7H2,1-5H3,(H,17,18). The highest BCUT2D eigenvalue weighted by molar-refractivity contribution is 6.02. The van der Waals surface area contributed by atoms with E-state index in [0.717, 1.165) is 4.90 Å². The Labute approximate surface area is 107 Å². The van der Waals surface area contributed by atoms with E-state index < -0.39 is 29.2 Å². The number of nitrogens with zero attached hydrogens (tertiary/aromatic N) is 1. The van der Waals surface area contributed by atoms with Gasteiger partial charge in [0.25, 0.3) is 0 Å². The Morgan fingerprint density at radius 3 is 1.89 bits per heavy atom. The Morgan fingerprint density at radius 2 is 1.61 bits per heavy atom. The first-order chi connectivity index (χ1) is 7.96. The molecule has 18 heavy (non-hydrogen) atoms. The Bertz CT molecular complexity index is 372. The van der Waals surface area contributed by atoms with Crippen molar-refractivity contribution in [2.24, 2.45) is 10.8 Å². The fourth-order valence-electron chi connectivity index (χ4n) is 2.35. The smallest absolute Gasteiger partial charge is 0.327 e. The topological polar surface area (TPSA) is 74.7 Å². The maximum absolute atomic E-state index is 12.1. The van der Waals surface area contributed by atoms with Crippen molar-refractivity contribution in [3.63, 3.8) is 0 Å². The first kappa shape index (κ1) is 14.7. The van der Waals surface area contributed by atoms with E-state index in [2.05, 4.69) is 0 Å². The Hall–Kier alpha value is -1.39. The summed E-state index contributed by atoms with van der Waals surface area (Å²) in [6.07, 6.45) is 0.414. The summed E-state index contributed by atoms with van der Waals surface area (Å²) in [6.45, 7) is 8.82. The van der Waals surface area contributed by atoms with Crippen molar-refractivity contribution >= 4 is 17.8 Å². The van der Waals surface area contributed by atoms with Gasteiger partial charge in [0.1, 0.15) is 6.04 Å². The number of likely N-dealkylation sites (tertiary alicyclic amines) is 1. The minimum absolute atomic E-state index is 0.207. The third kappa shape index (κ3) is 2.89. The summed E-state index contributed by atoms with van der Waals surface area (Å²) in [6, 6.07) is -1.10. The lowest BCUT2D eigenvalue weighted by atomic mass is 9.78. The number of amides is 2. The predicted octanol–water partition coefficient (Wildman–Crippen LogP) is 1.66. The average molecular weight is 255 g/mol. The van der Waals surface area contributed by atoms with E-state index in [4.69, 9.17) is 0 Å². The average Bonchev–Trinajstić information content (AvgIpc) is 2.06. The zero-order valence-corrected chi connectivity index (χ0v) is 11.6. The van der Waals surface area contributed by atoms with Crippen LogP contribution in [0.1, 0.15) is 47.5 Å². The lowest BCUT2D eigenvalue weighted by Crippen LogP contribution is -2.58. The molecule has 0 aromatic heterocycles. The molecular weight excluding hydrogens is 234 g/mol. The van der Waals surface area contributed by atoms with Gasteiger partial charge in [-0.2, -0.15) is 0 Å². The molecule has 5 nitrogen and oxygen atoms in total. The molecule has 0 spiro atoms. The zero-order valence-electron chi connectivity index (χ0n) is 11.6. The van der Waals surface area contributed by atoms with Gasteiger partial charge in [-0.15, -0.1) is 0 Å². The maximum Gasteiger partial charge on any atom is 0.327 e. The molecule has 0 aliphatic carbocycles. The molecule has 0 saturated carbocycles. The molecule has 0 radical (unpaired) electrons. The number of carbonyl (C=O) groups excluding carboxylic acids is 2. The number of hydrogen-bond acceptors (Lipinski definition) is 3. The van der Waals surface area contributed by atoms with Crippen LogP contribution in [0.15, 0.2) is 0 Å². The fourth-order valence-corrected chi connectivity index (χ4v) is 2.35. The van der Waals surface area contributed by atoms with Crippen LogP contribution in [0.2, 0.25) is 0 Å². The monoisotopic (exact) mass is 255 g/mol. The number of aliphatic carboxylic acids is 1. The van der Waals surface area contributed by atoms with Gasteiger partial charge in [-0.3, -0.25) is 14.5 Å². The molecule has 1 atom stereocenters. The van der Waals surface area contributed by atoms with Crippen LogP contribution in [-0.2, 0) is 14.4 Å². The molecule has 102 valence electrons. The molecule has 0 aromatic carbocycles. The van der Waals surface area contributed by atoms with E-state index >= 15 is 0 Å². The van der Waals surface area contributed by atoms with Crippen molar-refractivity contribution in [1.29, 1.82) is 0 Å². The lowest BCUT2D eigenvalue weighted by molar-refractivity contribution is -0.168. The molecule has 1 saturated heterocycles. The van der Waals surface area contributed by atoms with Crippen LogP contribution in [0, 0.1) is 10.8 Å². The Balaban J connectivity index is 3.11. The fraction of sp³-hybridized carbons (Fsp3) is 0.769. The number of carbonyl (C=O) groups is 3. The van der Waals surface area contributed by atoms with Crippen LogP contribution in [0.25, 0.3) is 0 Å². The van der Waals surface area contributed by atoms with Crippen LogP contribution in [0.3, 0.4) is 0 Å². The van der Waals surface area contributed by atoms with Crippen molar-refractivity contribution in [1.82, 2.24) is 4.90 Å². The van der Waals surface area contributed by atoms with Crippen LogP contribution >= 0.6 is 0 Å². The van der Waals surface area contributed by atoms with Crippen LogP contribution in [0.4, 0.5) is 0 Å². The zero-order chi connectivity index (χ0) is 14.3. The molecule has 1 aliphatic heterocycles. The van der Waals surface area contributed by atoms with E-state index in [0.29, 0.717) is 0 Å². The first-order valence-electron chi connectivity index (χ1n) is 6.03. The summed E-state index contributed by atoms with van der Waals surface area (Å²) in [5, 5.41) is 9.28. The Morgan fingerprint density at radius 1 is 1.22 bits per heavy atom. The largest absolute Gasteiger partial charge is 0.480 e. The van der Waals surface area contributed by atoms with Gasteiger partial charge in [-0.1, -0.05) is 34.6 Å². The summed E-state index contributed by atoms with van der Waals surface area (Å²) in [7, 11) is 0. The lowest BCUT2D eigenvalue weighted by Gasteiger charge is -2.41. The van der Waals surface area contributed by atoms with Gasteiger partial charge >= 0.3 is 5.97 Å². The number of imide groups is 1. The number of carboxylic acids is 1. The molecule has 0 bridgehead atoms. The second-order valence-electron chi connectivity index (χ2n) is 6.78. The molecule has 0 aromatic rings. The molecule has 1 rings (SSSR count). The van der Waals surface area contributed by atoms with Crippen molar-refractivity contribution in [2.75, 3.05) is 0 Å². The second kappa shape index (κ2) is 4.37. The van der Waals surface area contributed by atoms with Gasteiger partial charge < -0.3 is 5.11 Å². The second-order valence-corrected chi connectivity index (χ2v) is 6.78. The summed E-state index contributed by atoms with van der Waals surface area (Å²) in [5.74, 6) is -1.92. The minimum atomic E-state index is -1.14. The van der Waals surface area contributed by atoms with Crippen molar-refractivity contribution in [2.45, 2.75) is 53.5 Å². The predicted molar refractivity (Wildman–Crippen MR) is 65.7 cm³/mol. The number of piperidine rings is 1. The van der Waals surface area contributed by atoms with E-state index in [9.17, 15) is 19.5 Å². The molecule has 1 N–H and O–H groups in total.